The van der Waals surface area contributed by atoms with Crippen LogP contribution in [0.4, 0.5) is 0 Å². The molecular weight excluding hydrogens is 836 g/mol. The van der Waals surface area contributed by atoms with Gasteiger partial charge in [0.25, 0.3) is 0 Å². The van der Waals surface area contributed by atoms with E-state index in [4.69, 9.17) is 50.6 Å². The maximum absolute atomic E-state index is 12.3. The van der Waals surface area contributed by atoms with Crippen LogP contribution in [0.25, 0.3) is 0 Å². The first-order chi connectivity index (χ1) is 26.8. The summed E-state index contributed by atoms with van der Waals surface area (Å²) in [5, 5.41) is 58.8. The van der Waals surface area contributed by atoms with Gasteiger partial charge in [0.2, 0.25) is 0 Å². The van der Waals surface area contributed by atoms with Gasteiger partial charge in [-0.05, 0) is 38.5 Å². The zero-order valence-corrected chi connectivity index (χ0v) is 35.2. The average Bonchev–Trinajstić information content (AvgIpc) is 3.19. The minimum atomic E-state index is -2.80. The average molecular weight is 895 g/mol. The molecule has 56 heavy (non-hydrogen) atoms. The fourth-order valence-electron chi connectivity index (χ4n) is 5.16. The van der Waals surface area contributed by atoms with Gasteiger partial charge in [-0.15, -0.1) is 36.2 Å². The molecule has 0 aliphatic carbocycles. The highest BCUT2D eigenvalue weighted by Crippen LogP contribution is 2.33. The topological polar surface area (TPSA) is 300 Å². The van der Waals surface area contributed by atoms with Gasteiger partial charge in [-0.3, -0.25) is 0 Å². The number of rotatable bonds is 32. The normalized spacial score (nSPS) is 29.9. The molecular formula is C30H58O22P4+4. The van der Waals surface area contributed by atoms with Crippen molar-refractivity contribution in [3.05, 3.63) is 0 Å². The zero-order valence-electron chi connectivity index (χ0n) is 31.7. The first-order valence-corrected chi connectivity index (χ1v) is 22.6. The molecule has 2 aliphatic rings. The van der Waals surface area contributed by atoms with Gasteiger partial charge in [-0.25, -0.2) is 0 Å². The summed E-state index contributed by atoms with van der Waals surface area (Å²) in [6, 6.07) is 0. The molecule has 14 unspecified atom stereocenters. The lowest BCUT2D eigenvalue weighted by atomic mass is 9.92. The van der Waals surface area contributed by atoms with Crippen LogP contribution in [0, 0.1) is 11.8 Å². The molecule has 22 nitrogen and oxygen atoms in total. The highest BCUT2D eigenvalue weighted by molar-refractivity contribution is 7.34. The number of aliphatic hydroxyl groups excluding tert-OH is 6. The van der Waals surface area contributed by atoms with Crippen molar-refractivity contribution in [3.8, 4) is 0 Å². The van der Waals surface area contributed by atoms with Gasteiger partial charge in [0, 0.05) is 43.3 Å². The molecule has 0 bridgehead atoms. The molecule has 0 aromatic heterocycles. The van der Waals surface area contributed by atoms with Crippen LogP contribution in [0.5, 0.6) is 0 Å². The third-order valence-corrected chi connectivity index (χ3v) is 11.6. The van der Waals surface area contributed by atoms with Gasteiger partial charge in [0.15, 0.2) is 18.7 Å². The molecule has 0 saturated carbocycles. The van der Waals surface area contributed by atoms with E-state index in [1.165, 1.54) is 7.11 Å². The third kappa shape index (κ3) is 19.8. The van der Waals surface area contributed by atoms with Crippen molar-refractivity contribution in [2.75, 3.05) is 73.2 Å². The summed E-state index contributed by atoms with van der Waals surface area (Å²) < 4.78 is 111. The van der Waals surface area contributed by atoms with E-state index in [-0.39, 0.29) is 39.6 Å². The predicted octanol–water partition coefficient (Wildman–Crippen LogP) is 2.27. The van der Waals surface area contributed by atoms with Gasteiger partial charge in [0.05, 0.1) is 32.5 Å². The van der Waals surface area contributed by atoms with Crippen LogP contribution in [-0.2, 0) is 73.4 Å². The summed E-state index contributed by atoms with van der Waals surface area (Å²) in [6.45, 7) is 1.61. The molecule has 2 saturated heterocycles. The maximum Gasteiger partial charge on any atom is 0.697 e. The monoisotopic (exact) mass is 894 g/mol. The molecule has 14 atom stereocenters. The van der Waals surface area contributed by atoms with E-state index in [0.29, 0.717) is 38.5 Å². The second-order valence-corrected chi connectivity index (χ2v) is 16.6. The molecule has 2 heterocycles. The number of ether oxygens (including phenoxy) is 4. The van der Waals surface area contributed by atoms with E-state index in [9.17, 15) is 48.9 Å². The van der Waals surface area contributed by atoms with Crippen molar-refractivity contribution in [1.82, 2.24) is 0 Å². The Morgan fingerprint density at radius 1 is 0.518 bits per heavy atom. The first kappa shape index (κ1) is 51.8. The summed E-state index contributed by atoms with van der Waals surface area (Å²) in [7, 11) is -9.28. The molecule has 0 spiro atoms. The highest BCUT2D eigenvalue weighted by Gasteiger charge is 2.43. The Hall–Kier alpha value is -0.320. The minimum absolute atomic E-state index is 0.0584. The Balaban J connectivity index is 1.67. The standard InChI is InChI=1S/C30H58O22P4/c1-20-25(33)27(35)23(16-31)50-29(20)42-10-6-4-8-12-44-54(38)48-18-22(52-56(40)47-15-14-46-53(37)41-3)19-49-55(39)45-13-9-5-7-11-43-30-21(2)26(34)28(36)24(17-32)51-30/h20-36H,4-19H2,1-3H3/q+4. The van der Waals surface area contributed by atoms with Crippen LogP contribution < -0.4 is 0 Å². The van der Waals surface area contributed by atoms with Gasteiger partial charge in [-0.2, -0.15) is 0 Å². The van der Waals surface area contributed by atoms with Crippen molar-refractivity contribution in [3.63, 3.8) is 0 Å². The molecule has 0 radical (unpaired) electrons. The Kier molecular flexibility index (Phi) is 27.6. The molecule has 0 aromatic rings. The molecule has 2 rings (SSSR count). The lowest BCUT2D eigenvalue weighted by Gasteiger charge is -2.40. The van der Waals surface area contributed by atoms with Gasteiger partial charge < -0.3 is 49.6 Å². The van der Waals surface area contributed by atoms with Gasteiger partial charge in [-0.1, -0.05) is 13.8 Å². The summed E-state index contributed by atoms with van der Waals surface area (Å²) in [5.74, 6) is -1.02. The van der Waals surface area contributed by atoms with Crippen LogP contribution in [0.3, 0.4) is 0 Å². The van der Waals surface area contributed by atoms with Crippen LogP contribution >= 0.6 is 33.0 Å². The largest absolute Gasteiger partial charge is 0.697 e. The molecule has 0 amide bonds. The Morgan fingerprint density at radius 2 is 0.911 bits per heavy atom. The quantitative estimate of drug-likeness (QED) is 0.0417. The summed E-state index contributed by atoms with van der Waals surface area (Å²) in [4.78, 5) is 0. The Labute approximate surface area is 329 Å². The molecule has 326 valence electrons. The van der Waals surface area contributed by atoms with Crippen molar-refractivity contribution in [2.24, 2.45) is 11.8 Å². The minimum Gasteiger partial charge on any atom is -0.394 e. The van der Waals surface area contributed by atoms with Crippen LogP contribution in [-0.4, -0.2) is 159 Å². The highest BCUT2D eigenvalue weighted by atomic mass is 31.1. The number of aliphatic hydroxyl groups is 6. The van der Waals surface area contributed by atoms with E-state index in [1.54, 1.807) is 13.8 Å². The summed E-state index contributed by atoms with van der Waals surface area (Å²) >= 11 is 0. The van der Waals surface area contributed by atoms with Crippen molar-refractivity contribution >= 4 is 33.0 Å². The Bertz CT molecular complexity index is 1080. The summed E-state index contributed by atoms with van der Waals surface area (Å²) in [5.41, 5.74) is 0. The second-order valence-electron chi connectivity index (χ2n) is 12.7. The SMILES string of the molecule is CO[P+](=O)OCCO[P+](=O)OC(CO[P+](=O)OCCCCCOC1OC(CO)C(O)C(O)C1C)CO[P+](=O)OCCCCCOC1OC(CO)C(O)C(O)C1C. The lowest BCUT2D eigenvalue weighted by Crippen LogP contribution is -2.55. The van der Waals surface area contributed by atoms with Gasteiger partial charge in [0.1, 0.15) is 64.1 Å². The third-order valence-electron chi connectivity index (χ3n) is 8.50. The number of hydrogen-bond acceptors (Lipinski definition) is 22. The molecule has 2 aliphatic heterocycles. The number of unbranched alkanes of at least 4 members (excludes halogenated alkanes) is 4. The van der Waals surface area contributed by atoms with E-state index in [0.717, 1.165) is 0 Å². The van der Waals surface area contributed by atoms with Crippen molar-refractivity contribution in [2.45, 2.75) is 108 Å². The fraction of sp³-hybridized carbons (Fsp3) is 1.00. The molecule has 2 fully saturated rings. The van der Waals surface area contributed by atoms with Crippen molar-refractivity contribution < 1.29 is 104 Å². The first-order valence-electron chi connectivity index (χ1n) is 18.2. The van der Waals surface area contributed by atoms with Crippen LogP contribution in [0.15, 0.2) is 0 Å². The molecule has 0 aromatic carbocycles. The lowest BCUT2D eigenvalue weighted by molar-refractivity contribution is -0.282. The Morgan fingerprint density at radius 3 is 1.32 bits per heavy atom. The van der Waals surface area contributed by atoms with E-state index < -0.39 is 127 Å². The van der Waals surface area contributed by atoms with E-state index >= 15 is 0 Å². The molecule has 6 N–H and O–H groups in total. The predicted molar refractivity (Wildman–Crippen MR) is 191 cm³/mol. The van der Waals surface area contributed by atoms with E-state index in [1.807, 2.05) is 0 Å². The maximum atomic E-state index is 12.3. The van der Waals surface area contributed by atoms with Crippen LogP contribution in [0.1, 0.15) is 52.4 Å². The zero-order chi connectivity index (χ0) is 41.5. The van der Waals surface area contributed by atoms with Gasteiger partial charge >= 0.3 is 33.0 Å². The smallest absolute Gasteiger partial charge is 0.394 e. The molecule has 26 heteroatoms. The summed E-state index contributed by atoms with van der Waals surface area (Å²) in [6.07, 6.45) is -6.04. The second kappa shape index (κ2) is 29.8. The van der Waals surface area contributed by atoms with E-state index in [2.05, 4.69) is 4.52 Å². The van der Waals surface area contributed by atoms with Crippen molar-refractivity contribution in [1.29, 1.82) is 0 Å². The number of hydrogen-bond donors (Lipinski definition) is 6. The fourth-order valence-corrected chi connectivity index (χ4v) is 7.42. The van der Waals surface area contributed by atoms with Crippen LogP contribution in [0.2, 0.25) is 0 Å².